The highest BCUT2D eigenvalue weighted by atomic mass is 35.5. The number of esters is 2. The van der Waals surface area contributed by atoms with Gasteiger partial charge in [-0.3, -0.25) is 9.59 Å². The molecule has 0 radical (unpaired) electrons. The number of oxazole rings is 1. The van der Waals surface area contributed by atoms with Gasteiger partial charge in [-0.1, -0.05) is 35.5 Å². The molecule has 27 heteroatoms. The number of benzene rings is 2. The van der Waals surface area contributed by atoms with Crippen LogP contribution in [0.1, 0.15) is 83.6 Å². The number of hydrogen-bond donors (Lipinski definition) is 7. The van der Waals surface area contributed by atoms with Gasteiger partial charge >= 0.3 is 24.1 Å². The monoisotopic (exact) mass is 1150 g/mol. The Bertz CT molecular complexity index is 3240. The van der Waals surface area contributed by atoms with Crippen molar-refractivity contribution in [2.24, 2.45) is 0 Å². The Kier molecular flexibility index (Phi) is 20.8. The molecule has 5 atom stereocenters. The van der Waals surface area contributed by atoms with Crippen molar-refractivity contribution in [3.05, 3.63) is 113 Å². The number of carbonyl (C=O) groups is 6. The molecule has 4 heterocycles. The predicted molar refractivity (Wildman–Crippen MR) is 292 cm³/mol. The second kappa shape index (κ2) is 27.6. The van der Waals surface area contributed by atoms with Gasteiger partial charge in [0.2, 0.25) is 17.7 Å². The van der Waals surface area contributed by atoms with Gasteiger partial charge in [0.25, 0.3) is 0 Å². The van der Waals surface area contributed by atoms with Crippen LogP contribution in [-0.4, -0.2) is 121 Å². The lowest BCUT2D eigenvalue weighted by atomic mass is 9.97. The number of imidazole rings is 2. The molecule has 0 aliphatic carbocycles. The minimum atomic E-state index is -1.37. The first-order chi connectivity index (χ1) is 38.4. The highest BCUT2D eigenvalue weighted by molar-refractivity contribution is 7.98. The van der Waals surface area contributed by atoms with Gasteiger partial charge < -0.3 is 65.1 Å². The molecule has 0 spiro atoms. The minimum Gasteiger partial charge on any atom is -0.490 e. The van der Waals surface area contributed by atoms with E-state index in [0.29, 0.717) is 39.1 Å². The molecule has 0 bridgehead atoms. The smallest absolute Gasteiger partial charge is 0.408 e. The highest BCUT2D eigenvalue weighted by Crippen LogP contribution is 2.37. The molecule has 0 fully saturated rings. The zero-order chi connectivity index (χ0) is 59.0. The Hall–Kier alpha value is -9.14. The number of aromatic nitrogens is 6. The Morgan fingerprint density at radius 2 is 1.25 bits per heavy atom. The number of nitrogens with one attached hydrogen (secondary N) is 6. The van der Waals surface area contributed by atoms with Gasteiger partial charge in [-0.2, -0.15) is 10.5 Å². The van der Waals surface area contributed by atoms with Gasteiger partial charge in [0, 0.05) is 47.1 Å². The maximum absolute atomic E-state index is 13.8. The van der Waals surface area contributed by atoms with E-state index in [0.717, 1.165) is 11.8 Å². The number of H-pyrrole nitrogens is 2. The lowest BCUT2D eigenvalue weighted by molar-refractivity contribution is -0.163. The predicted octanol–water partition coefficient (Wildman–Crippen LogP) is 6.24. The number of pyridine rings is 1. The minimum absolute atomic E-state index is 0.0444. The van der Waals surface area contributed by atoms with Crippen LogP contribution in [0.5, 0.6) is 5.75 Å². The summed E-state index contributed by atoms with van der Waals surface area (Å²) in [7, 11) is 0. The third-order valence-electron chi connectivity index (χ3n) is 11.1. The summed E-state index contributed by atoms with van der Waals surface area (Å²) in [5, 5.41) is 31.5. The number of alkyl carbamates (subject to hydrolysis) is 2. The summed E-state index contributed by atoms with van der Waals surface area (Å²) >= 11 is 7.19. The van der Waals surface area contributed by atoms with Crippen molar-refractivity contribution in [2.75, 3.05) is 18.9 Å². The molecule has 4 aromatic heterocycles. The Labute approximate surface area is 474 Å². The summed E-state index contributed by atoms with van der Waals surface area (Å²) in [4.78, 5) is 103. The molecule has 0 unspecified atom stereocenters. The van der Waals surface area contributed by atoms with Crippen LogP contribution >= 0.6 is 23.4 Å². The second-order valence-electron chi connectivity index (χ2n) is 20.0. The van der Waals surface area contributed by atoms with Crippen molar-refractivity contribution in [2.45, 2.75) is 120 Å². The number of amides is 4. The number of anilines is 1. The summed E-state index contributed by atoms with van der Waals surface area (Å²) < 4.78 is 33.7. The van der Waals surface area contributed by atoms with E-state index in [1.807, 2.05) is 0 Å². The topological polar surface area (TPSA) is 367 Å². The van der Waals surface area contributed by atoms with Gasteiger partial charge in [-0.05, 0) is 97.4 Å². The van der Waals surface area contributed by atoms with Crippen molar-refractivity contribution in [3.8, 4) is 40.5 Å². The molecular weight excluding hydrogens is 1090 g/mol. The number of thioether (sulfide) groups is 1. The van der Waals surface area contributed by atoms with Gasteiger partial charge in [0.05, 0.1) is 35.3 Å². The summed E-state index contributed by atoms with van der Waals surface area (Å²) in [6.07, 6.45) is 4.02. The Balaban J connectivity index is 1.18. The summed E-state index contributed by atoms with van der Waals surface area (Å²) in [5.41, 5.74) is 7.25. The van der Waals surface area contributed by atoms with Crippen molar-refractivity contribution < 1.29 is 56.9 Å². The van der Waals surface area contributed by atoms with Crippen molar-refractivity contribution >= 4 is 65.1 Å². The van der Waals surface area contributed by atoms with E-state index in [2.05, 4.69) is 63.3 Å². The lowest BCUT2D eigenvalue weighted by Gasteiger charge is -2.25. The molecule has 4 amide bonds. The number of nitrogens with zero attached hydrogens (tertiary/aromatic N) is 6. The average molecular weight is 1150 g/mol. The summed E-state index contributed by atoms with van der Waals surface area (Å²) in [5.74, 6) is -2.87. The molecule has 0 aliphatic heterocycles. The van der Waals surface area contributed by atoms with Gasteiger partial charge in [0.15, 0.2) is 6.10 Å². The molecule has 25 nitrogen and oxygen atoms in total. The number of halogens is 1. The largest absolute Gasteiger partial charge is 0.490 e. The van der Waals surface area contributed by atoms with E-state index in [9.17, 15) is 39.3 Å². The van der Waals surface area contributed by atoms with Gasteiger partial charge in [0.1, 0.15) is 89.1 Å². The number of carbonyl (C=O) groups excluding carboxylic acids is 6. The molecule has 0 saturated heterocycles. The quantitative estimate of drug-likeness (QED) is 0.0212. The Morgan fingerprint density at radius 3 is 1.75 bits per heavy atom. The fourth-order valence-corrected chi connectivity index (χ4v) is 8.31. The van der Waals surface area contributed by atoms with Crippen LogP contribution in [0.15, 0.2) is 89.3 Å². The standard InChI is InChI=1S/C54H60ClN13O12S/c1-29(63-45(69)41(17-34-21-59-27-61-34)66-51(73)79-53(3,4)5)49(71)77-25-38(78-50(72)30(2)64-46(70)42(18-35-22-60-28-62-35)67-52(74)80-54(6,7)8)24-75-37-15-11-31(12-16-37)43-39(19-56)44(58)68-48(40(43)20-57)81-26-36-23-76-47(65-36)32-9-13-33(55)14-10-32/h9-16,21-23,27-30,38,41-42H,17-18,24-26H2,1-8H3,(H2,58,68)(H,59,61)(H,60,62)(H,63,69)(H,64,70)(H,66,73)(H,67,74)/t29-,30-,38-,41-,42-/m0/s1. The fraction of sp³-hybridized carbons (Fsp3) is 0.370. The van der Waals surface area contributed by atoms with Crippen LogP contribution in [0.2, 0.25) is 5.02 Å². The number of nitrogen functional groups attached to an aromatic ring is 1. The molecule has 8 N–H and O–H groups in total. The third kappa shape index (κ3) is 18.5. The Morgan fingerprint density at radius 1 is 0.716 bits per heavy atom. The fourth-order valence-electron chi connectivity index (χ4n) is 7.31. The molecule has 6 rings (SSSR count). The van der Waals surface area contributed by atoms with Crippen LogP contribution < -0.4 is 31.7 Å². The molecular formula is C54H60ClN13O12S. The van der Waals surface area contributed by atoms with E-state index >= 15 is 0 Å². The highest BCUT2D eigenvalue weighted by Gasteiger charge is 2.32. The molecule has 0 saturated carbocycles. The first kappa shape index (κ1) is 61.1. The number of hydrogen-bond acceptors (Lipinski definition) is 20. The number of aromatic amines is 2. The van der Waals surface area contributed by atoms with Crippen LogP contribution in [0.25, 0.3) is 22.6 Å². The van der Waals surface area contributed by atoms with E-state index in [4.69, 9.17) is 45.4 Å². The normalized spacial score (nSPS) is 13.1. The lowest BCUT2D eigenvalue weighted by Crippen LogP contribution is -2.53. The molecule has 426 valence electrons. The maximum atomic E-state index is 13.8. The molecule has 81 heavy (non-hydrogen) atoms. The first-order valence-corrected chi connectivity index (χ1v) is 26.4. The number of rotatable bonds is 23. The molecule has 2 aromatic carbocycles. The maximum Gasteiger partial charge on any atom is 0.408 e. The zero-order valence-corrected chi connectivity index (χ0v) is 46.9. The average Bonchev–Trinajstić information content (AvgIpc) is 4.26. The van der Waals surface area contributed by atoms with E-state index in [-0.39, 0.29) is 51.9 Å². The number of ether oxygens (including phenoxy) is 5. The van der Waals surface area contributed by atoms with E-state index in [1.54, 1.807) is 77.9 Å². The van der Waals surface area contributed by atoms with Gasteiger partial charge in [-0.25, -0.2) is 39.1 Å². The number of nitrogens with two attached hydrogens (primary N) is 1. The van der Waals surface area contributed by atoms with Crippen LogP contribution in [0.4, 0.5) is 15.4 Å². The van der Waals surface area contributed by atoms with E-state index in [1.165, 1.54) is 57.3 Å². The van der Waals surface area contributed by atoms with Crippen LogP contribution in [0.3, 0.4) is 0 Å². The molecule has 0 aliphatic rings. The first-order valence-electron chi connectivity index (χ1n) is 25.0. The van der Waals surface area contributed by atoms with Crippen molar-refractivity contribution in [3.63, 3.8) is 0 Å². The van der Waals surface area contributed by atoms with Gasteiger partial charge in [-0.15, -0.1) is 0 Å². The third-order valence-corrected chi connectivity index (χ3v) is 12.3. The second-order valence-corrected chi connectivity index (χ2v) is 21.4. The summed E-state index contributed by atoms with van der Waals surface area (Å²) in [6, 6.07) is 12.2. The zero-order valence-electron chi connectivity index (χ0n) is 45.4. The molecule has 6 aromatic rings. The van der Waals surface area contributed by atoms with Crippen molar-refractivity contribution in [1.82, 2.24) is 51.2 Å². The summed E-state index contributed by atoms with van der Waals surface area (Å²) in [6.45, 7) is 11.5. The van der Waals surface area contributed by atoms with E-state index < -0.39 is 90.6 Å². The SMILES string of the molecule is C[C@H](NC(=O)[C@H](Cc1c[nH]cn1)NC(=O)OC(C)(C)C)C(=O)OC[C@H](COc1ccc(-c2c(C#N)c(N)nc(SCc3coc(-c4ccc(Cl)cc4)n3)c2C#N)cc1)OC(=O)[C@H](C)NC(=O)[C@H](Cc1c[nH]cn1)NC(=O)OC(C)(C)C. The van der Waals surface area contributed by atoms with Crippen molar-refractivity contribution in [1.29, 1.82) is 10.5 Å². The number of nitriles is 2. The van der Waals surface area contributed by atoms with Crippen LogP contribution in [0, 0.1) is 22.7 Å². The van der Waals surface area contributed by atoms with Crippen LogP contribution in [-0.2, 0) is 56.7 Å².